The summed E-state index contributed by atoms with van der Waals surface area (Å²) < 4.78 is 0. The lowest BCUT2D eigenvalue weighted by Crippen LogP contribution is -2.40. The Hall–Kier alpha value is 0.170. The van der Waals surface area contributed by atoms with Gasteiger partial charge in [-0.25, -0.2) is 0 Å². The van der Waals surface area contributed by atoms with Crippen molar-refractivity contribution in [3.8, 4) is 0 Å². The number of nitrogens with zero attached hydrogens (tertiary/aromatic N) is 1. The number of thiol groups is 1. The first-order valence-corrected chi connectivity index (χ1v) is 5.76. The fourth-order valence-corrected chi connectivity index (χ4v) is 2.67. The van der Waals surface area contributed by atoms with Crippen LogP contribution in [-0.2, 0) is 4.79 Å². The van der Waals surface area contributed by atoms with Crippen molar-refractivity contribution in [2.45, 2.75) is 31.6 Å². The molecule has 0 spiro atoms. The third-order valence-corrected chi connectivity index (χ3v) is 3.44. The number of amides is 1. The first-order valence-electron chi connectivity index (χ1n) is 3.83. The second kappa shape index (κ2) is 4.26. The van der Waals surface area contributed by atoms with Gasteiger partial charge in [-0.1, -0.05) is 10.8 Å². The fourth-order valence-electron chi connectivity index (χ4n) is 1.37. The van der Waals surface area contributed by atoms with E-state index in [0.717, 1.165) is 19.4 Å². The molecule has 0 aliphatic carbocycles. The van der Waals surface area contributed by atoms with Gasteiger partial charge < -0.3 is 4.90 Å². The van der Waals surface area contributed by atoms with Crippen molar-refractivity contribution in [2.75, 3.05) is 6.54 Å². The fraction of sp³-hybridized carbons (Fsp3) is 0.857. The van der Waals surface area contributed by atoms with Crippen LogP contribution >= 0.6 is 22.5 Å². The second-order valence-electron chi connectivity index (χ2n) is 2.77. The van der Waals surface area contributed by atoms with Gasteiger partial charge in [0, 0.05) is 13.5 Å². The van der Waals surface area contributed by atoms with Gasteiger partial charge in [-0.05, 0) is 19.3 Å². The number of carbonyl (C=O) groups excluding carboxylic acids is 1. The van der Waals surface area contributed by atoms with Crippen LogP contribution in [0, 0.1) is 0 Å². The highest BCUT2D eigenvalue weighted by molar-refractivity contribution is 8.68. The summed E-state index contributed by atoms with van der Waals surface area (Å²) >= 11 is 4.14. The lowest BCUT2D eigenvalue weighted by atomic mass is 10.1. The zero-order valence-corrected chi connectivity index (χ0v) is 8.33. The van der Waals surface area contributed by atoms with Gasteiger partial charge in [0.2, 0.25) is 5.91 Å². The molecule has 1 heterocycles. The van der Waals surface area contributed by atoms with E-state index < -0.39 is 0 Å². The van der Waals surface area contributed by atoms with Crippen LogP contribution in [0.2, 0.25) is 0 Å². The molecule has 1 fully saturated rings. The van der Waals surface area contributed by atoms with Crippen LogP contribution in [0.4, 0.5) is 0 Å². The molecule has 1 rings (SSSR count). The molecule has 0 N–H and O–H groups in total. The molecule has 4 heteroatoms. The Balaban J connectivity index is 2.51. The molecule has 1 amide bonds. The van der Waals surface area contributed by atoms with Crippen LogP contribution in [0.1, 0.15) is 26.2 Å². The van der Waals surface area contributed by atoms with Gasteiger partial charge in [0.25, 0.3) is 0 Å². The molecular weight excluding hydrogens is 178 g/mol. The van der Waals surface area contributed by atoms with Crippen LogP contribution in [0.3, 0.4) is 0 Å². The van der Waals surface area contributed by atoms with Gasteiger partial charge in [0.15, 0.2) is 0 Å². The van der Waals surface area contributed by atoms with E-state index in [2.05, 4.69) is 11.7 Å². The molecule has 0 saturated carbocycles. The zero-order chi connectivity index (χ0) is 8.27. The predicted molar refractivity (Wildman–Crippen MR) is 51.6 cm³/mol. The van der Waals surface area contributed by atoms with Gasteiger partial charge in [0.1, 0.15) is 0 Å². The third kappa shape index (κ3) is 2.30. The molecule has 2 nitrogen and oxygen atoms in total. The minimum absolute atomic E-state index is 0.177. The van der Waals surface area contributed by atoms with Gasteiger partial charge in [-0.15, -0.1) is 11.7 Å². The van der Waals surface area contributed by atoms with Crippen molar-refractivity contribution in [2.24, 2.45) is 0 Å². The molecule has 1 aliphatic rings. The van der Waals surface area contributed by atoms with Crippen molar-refractivity contribution in [1.29, 1.82) is 0 Å². The maximum atomic E-state index is 11.0. The lowest BCUT2D eigenvalue weighted by Gasteiger charge is -2.33. The van der Waals surface area contributed by atoms with E-state index in [0.29, 0.717) is 5.37 Å². The minimum Gasteiger partial charge on any atom is -0.330 e. The maximum absolute atomic E-state index is 11.0. The summed E-state index contributed by atoms with van der Waals surface area (Å²) in [6.45, 7) is 2.54. The first-order chi connectivity index (χ1) is 5.25. The lowest BCUT2D eigenvalue weighted by molar-refractivity contribution is -0.130. The van der Waals surface area contributed by atoms with E-state index >= 15 is 0 Å². The van der Waals surface area contributed by atoms with Gasteiger partial charge in [0.05, 0.1) is 5.37 Å². The molecular formula is C7H13NOS2. The zero-order valence-electron chi connectivity index (χ0n) is 6.62. The summed E-state index contributed by atoms with van der Waals surface area (Å²) in [6, 6.07) is 0. The van der Waals surface area contributed by atoms with E-state index in [-0.39, 0.29) is 5.91 Å². The highest BCUT2D eigenvalue weighted by atomic mass is 33.1. The Bertz CT molecular complexity index is 151. The molecule has 0 aromatic carbocycles. The van der Waals surface area contributed by atoms with E-state index in [9.17, 15) is 4.79 Å². The Morgan fingerprint density at radius 3 is 2.82 bits per heavy atom. The van der Waals surface area contributed by atoms with Gasteiger partial charge in [-0.2, -0.15) is 0 Å². The SMILES string of the molecule is CC(=O)N1CCCCC1SS. The Morgan fingerprint density at radius 2 is 2.36 bits per heavy atom. The highest BCUT2D eigenvalue weighted by Gasteiger charge is 2.23. The molecule has 1 saturated heterocycles. The summed E-state index contributed by atoms with van der Waals surface area (Å²) in [5.74, 6) is 0.177. The maximum Gasteiger partial charge on any atom is 0.220 e. The van der Waals surface area contributed by atoms with E-state index in [1.807, 2.05) is 4.90 Å². The van der Waals surface area contributed by atoms with Crippen molar-refractivity contribution < 1.29 is 4.79 Å². The average molecular weight is 191 g/mol. The van der Waals surface area contributed by atoms with Crippen LogP contribution < -0.4 is 0 Å². The molecule has 0 aromatic heterocycles. The number of carbonyl (C=O) groups is 1. The summed E-state index contributed by atoms with van der Waals surface area (Å²) in [4.78, 5) is 13.0. The van der Waals surface area contributed by atoms with Crippen molar-refractivity contribution >= 4 is 28.4 Å². The highest BCUT2D eigenvalue weighted by Crippen LogP contribution is 2.28. The topological polar surface area (TPSA) is 20.3 Å². The van der Waals surface area contributed by atoms with Gasteiger partial charge in [-0.3, -0.25) is 4.79 Å². The van der Waals surface area contributed by atoms with Crippen molar-refractivity contribution in [3.05, 3.63) is 0 Å². The predicted octanol–water partition coefficient (Wildman–Crippen LogP) is 1.92. The molecule has 1 aliphatic heterocycles. The number of hydrogen-bond acceptors (Lipinski definition) is 3. The largest absolute Gasteiger partial charge is 0.330 e. The summed E-state index contributed by atoms with van der Waals surface area (Å²) in [6.07, 6.45) is 3.46. The van der Waals surface area contributed by atoms with Crippen LogP contribution in [0.15, 0.2) is 0 Å². The van der Waals surface area contributed by atoms with Crippen LogP contribution in [0.5, 0.6) is 0 Å². The molecule has 11 heavy (non-hydrogen) atoms. The molecule has 0 aromatic rings. The van der Waals surface area contributed by atoms with E-state index in [4.69, 9.17) is 0 Å². The second-order valence-corrected chi connectivity index (χ2v) is 4.16. The minimum atomic E-state index is 0.177. The van der Waals surface area contributed by atoms with E-state index in [1.54, 1.807) is 6.92 Å². The van der Waals surface area contributed by atoms with E-state index in [1.165, 1.54) is 17.2 Å². The van der Waals surface area contributed by atoms with Gasteiger partial charge >= 0.3 is 0 Å². The quantitative estimate of drug-likeness (QED) is 0.505. The number of piperidine rings is 1. The molecule has 0 bridgehead atoms. The standard InChI is InChI=1S/C7H13NOS2/c1-6(9)8-5-3-2-4-7(8)11-10/h7,10H,2-5H2,1H3. The smallest absolute Gasteiger partial charge is 0.220 e. The van der Waals surface area contributed by atoms with Crippen molar-refractivity contribution in [3.63, 3.8) is 0 Å². The first kappa shape index (κ1) is 9.26. The normalized spacial score (nSPS) is 25.3. The van der Waals surface area contributed by atoms with Crippen LogP contribution in [-0.4, -0.2) is 22.7 Å². The number of hydrogen-bond donors (Lipinski definition) is 1. The number of likely N-dealkylation sites (tertiary alicyclic amines) is 1. The third-order valence-electron chi connectivity index (χ3n) is 1.97. The Kier molecular flexibility index (Phi) is 3.59. The monoisotopic (exact) mass is 191 g/mol. The Morgan fingerprint density at radius 1 is 1.64 bits per heavy atom. The van der Waals surface area contributed by atoms with Crippen LogP contribution in [0.25, 0.3) is 0 Å². The Labute approximate surface area is 76.5 Å². The summed E-state index contributed by atoms with van der Waals surface area (Å²) in [7, 11) is 1.48. The molecule has 1 atom stereocenters. The number of rotatable bonds is 1. The van der Waals surface area contributed by atoms with Crippen molar-refractivity contribution in [1.82, 2.24) is 4.90 Å². The average Bonchev–Trinajstić information content (AvgIpc) is 2.04. The molecule has 64 valence electrons. The summed E-state index contributed by atoms with van der Waals surface area (Å²) in [5.41, 5.74) is 0. The molecule has 0 radical (unpaired) electrons. The molecule has 1 unspecified atom stereocenters. The summed E-state index contributed by atoms with van der Waals surface area (Å²) in [5, 5.41) is 0.310.